The molecule has 3 nitrogen and oxygen atoms in total. The Labute approximate surface area is 126 Å². The van der Waals surface area contributed by atoms with Gasteiger partial charge in [0, 0.05) is 12.7 Å². The molecule has 0 bridgehead atoms. The lowest BCUT2D eigenvalue weighted by Gasteiger charge is -2.27. The Balaban J connectivity index is 2.16. The minimum absolute atomic E-state index is 0.0974. The summed E-state index contributed by atoms with van der Waals surface area (Å²) in [4.78, 5) is 13.5. The van der Waals surface area contributed by atoms with Gasteiger partial charge in [-0.05, 0) is 42.5 Å². The number of carbonyl (C=O) groups excluding carboxylic acids is 1. The third-order valence-corrected chi connectivity index (χ3v) is 4.09. The van der Waals surface area contributed by atoms with Crippen LogP contribution in [0.2, 0.25) is 0 Å². The lowest BCUT2D eigenvalue weighted by atomic mass is 10.0. The summed E-state index contributed by atoms with van der Waals surface area (Å²) in [5, 5.41) is 0. The van der Waals surface area contributed by atoms with Gasteiger partial charge in [-0.2, -0.15) is 0 Å². The second kappa shape index (κ2) is 6.48. The quantitative estimate of drug-likeness (QED) is 0.621. The predicted octanol–water partition coefficient (Wildman–Crippen LogP) is 3.35. The third-order valence-electron chi connectivity index (χ3n) is 2.97. The number of rotatable bonds is 4. The number of hydrogen-bond donors (Lipinski definition) is 0. The highest BCUT2D eigenvalue weighted by Gasteiger charge is 2.26. The molecule has 1 atom stereocenters. The summed E-state index contributed by atoms with van der Waals surface area (Å²) < 4.78 is 5.52. The average molecular weight is 342 g/mol. The molecule has 102 valence electrons. The van der Waals surface area contributed by atoms with Crippen molar-refractivity contribution in [3.8, 4) is 5.75 Å². The van der Waals surface area contributed by atoms with E-state index in [0.29, 0.717) is 5.94 Å². The molecule has 0 saturated carbocycles. The second-order valence-electron chi connectivity index (χ2n) is 4.27. The highest BCUT2D eigenvalue weighted by Crippen LogP contribution is 2.28. The molecular weight excluding hydrogens is 326 g/mol. The highest BCUT2D eigenvalue weighted by molar-refractivity contribution is 9.10. The Hall–Kier alpha value is -0.940. The number of carbonyl (C=O) groups is 1. The van der Waals surface area contributed by atoms with Crippen molar-refractivity contribution >= 4 is 39.3 Å². The van der Waals surface area contributed by atoms with E-state index in [4.69, 9.17) is 4.74 Å². The van der Waals surface area contributed by atoms with Gasteiger partial charge in [-0.15, -0.1) is 11.8 Å². The van der Waals surface area contributed by atoms with Crippen molar-refractivity contribution in [3.05, 3.63) is 35.9 Å². The summed E-state index contributed by atoms with van der Waals surface area (Å²) in [5.41, 5.74) is 1.99. The lowest BCUT2D eigenvalue weighted by molar-refractivity contribution is -0.126. The Morgan fingerprint density at radius 2 is 2.11 bits per heavy atom. The number of halogens is 1. The standard InChI is InChI=1S/C14H16BrNO2S/c1-16-13(8-7-12(15)14(16)17)10-3-5-11(6-4-10)18-9-19-2/h3-6,8,12H,7,9H2,1-2H3. The van der Waals surface area contributed by atoms with Gasteiger partial charge < -0.3 is 9.64 Å². The summed E-state index contributed by atoms with van der Waals surface area (Å²) >= 11 is 5.01. The Morgan fingerprint density at radius 3 is 2.74 bits per heavy atom. The zero-order valence-corrected chi connectivity index (χ0v) is 13.3. The molecule has 1 aliphatic rings. The molecule has 1 aromatic carbocycles. The van der Waals surface area contributed by atoms with Crippen LogP contribution in [0.1, 0.15) is 12.0 Å². The van der Waals surface area contributed by atoms with Gasteiger partial charge in [-0.3, -0.25) is 4.79 Å². The van der Waals surface area contributed by atoms with Crippen LogP contribution in [-0.2, 0) is 4.79 Å². The first-order valence-electron chi connectivity index (χ1n) is 5.97. The van der Waals surface area contributed by atoms with Crippen molar-refractivity contribution in [2.24, 2.45) is 0 Å². The smallest absolute Gasteiger partial charge is 0.240 e. The van der Waals surface area contributed by atoms with Gasteiger partial charge >= 0.3 is 0 Å². The van der Waals surface area contributed by atoms with E-state index < -0.39 is 0 Å². The molecule has 0 N–H and O–H groups in total. The fourth-order valence-corrected chi connectivity index (χ4v) is 2.69. The maximum absolute atomic E-state index is 11.9. The Bertz CT molecular complexity index is 487. The number of nitrogens with zero attached hydrogens (tertiary/aromatic N) is 1. The predicted molar refractivity (Wildman–Crippen MR) is 83.5 cm³/mol. The molecule has 19 heavy (non-hydrogen) atoms. The number of amides is 1. The van der Waals surface area contributed by atoms with Gasteiger partial charge in [0.15, 0.2) is 0 Å². The Morgan fingerprint density at radius 1 is 1.42 bits per heavy atom. The number of allylic oxidation sites excluding steroid dienone is 1. The zero-order chi connectivity index (χ0) is 13.8. The van der Waals surface area contributed by atoms with E-state index in [-0.39, 0.29) is 10.7 Å². The monoisotopic (exact) mass is 341 g/mol. The van der Waals surface area contributed by atoms with Gasteiger partial charge in [0.05, 0.1) is 4.83 Å². The molecule has 0 radical (unpaired) electrons. The van der Waals surface area contributed by atoms with Crippen LogP contribution in [0, 0.1) is 0 Å². The van der Waals surface area contributed by atoms with Crippen LogP contribution in [0.25, 0.3) is 5.70 Å². The van der Waals surface area contributed by atoms with Crippen LogP contribution in [-0.4, -0.2) is 34.9 Å². The Kier molecular flexibility index (Phi) is 4.93. The van der Waals surface area contributed by atoms with Gasteiger partial charge in [-0.25, -0.2) is 0 Å². The topological polar surface area (TPSA) is 29.5 Å². The van der Waals surface area contributed by atoms with Gasteiger partial charge in [0.25, 0.3) is 0 Å². The second-order valence-corrected chi connectivity index (χ2v) is 6.18. The normalized spacial score (nSPS) is 19.3. The minimum atomic E-state index is -0.106. The number of hydrogen-bond acceptors (Lipinski definition) is 3. The molecule has 5 heteroatoms. The average Bonchev–Trinajstić information content (AvgIpc) is 2.44. The highest BCUT2D eigenvalue weighted by atomic mass is 79.9. The van der Waals surface area contributed by atoms with Gasteiger partial charge in [0.1, 0.15) is 11.7 Å². The van der Waals surface area contributed by atoms with Crippen LogP contribution < -0.4 is 4.74 Å². The van der Waals surface area contributed by atoms with Crippen molar-refractivity contribution in [1.29, 1.82) is 0 Å². The summed E-state index contributed by atoms with van der Waals surface area (Å²) in [6, 6.07) is 7.84. The van der Waals surface area contributed by atoms with Crippen molar-refractivity contribution < 1.29 is 9.53 Å². The molecule has 0 saturated heterocycles. The van der Waals surface area contributed by atoms with Crippen molar-refractivity contribution in [1.82, 2.24) is 4.90 Å². The van der Waals surface area contributed by atoms with E-state index in [1.807, 2.05) is 30.5 Å². The molecule has 1 aliphatic heterocycles. The number of benzene rings is 1. The molecule has 0 spiro atoms. The van der Waals surface area contributed by atoms with Crippen LogP contribution in [0.3, 0.4) is 0 Å². The summed E-state index contributed by atoms with van der Waals surface area (Å²) in [7, 11) is 1.81. The zero-order valence-electron chi connectivity index (χ0n) is 10.9. The van der Waals surface area contributed by atoms with Gasteiger partial charge in [-0.1, -0.05) is 22.0 Å². The molecule has 2 rings (SSSR count). The fourth-order valence-electron chi connectivity index (χ4n) is 1.94. The van der Waals surface area contributed by atoms with Crippen molar-refractivity contribution in [2.45, 2.75) is 11.2 Å². The van der Waals surface area contributed by atoms with Crippen LogP contribution in [0.15, 0.2) is 30.3 Å². The summed E-state index contributed by atoms with van der Waals surface area (Å²) in [5.74, 6) is 1.59. The number of ether oxygens (including phenoxy) is 1. The van der Waals surface area contributed by atoms with Crippen molar-refractivity contribution in [2.75, 3.05) is 19.2 Å². The van der Waals surface area contributed by atoms with Crippen LogP contribution >= 0.6 is 27.7 Å². The molecule has 1 heterocycles. The number of alkyl halides is 1. The summed E-state index contributed by atoms with van der Waals surface area (Å²) in [6.45, 7) is 0. The maximum atomic E-state index is 11.9. The first kappa shape index (κ1) is 14.5. The van der Waals surface area contributed by atoms with E-state index in [9.17, 15) is 4.79 Å². The number of thioether (sulfide) groups is 1. The van der Waals surface area contributed by atoms with Crippen molar-refractivity contribution in [3.63, 3.8) is 0 Å². The minimum Gasteiger partial charge on any atom is -0.483 e. The molecular formula is C14H16BrNO2S. The largest absolute Gasteiger partial charge is 0.483 e. The first-order valence-corrected chi connectivity index (χ1v) is 8.28. The van der Waals surface area contributed by atoms with Crippen LogP contribution in [0.4, 0.5) is 0 Å². The van der Waals surface area contributed by atoms with E-state index in [2.05, 4.69) is 22.0 Å². The first-order chi connectivity index (χ1) is 9.13. The fraction of sp³-hybridized carbons (Fsp3) is 0.357. The van der Waals surface area contributed by atoms with E-state index in [1.165, 1.54) is 0 Å². The SMILES string of the molecule is CSCOc1ccc(C2=CCC(Br)C(=O)N2C)cc1. The molecule has 1 aromatic rings. The van der Waals surface area contributed by atoms with Gasteiger partial charge in [0.2, 0.25) is 5.91 Å². The van der Waals surface area contributed by atoms with E-state index in [0.717, 1.165) is 23.4 Å². The van der Waals surface area contributed by atoms with E-state index >= 15 is 0 Å². The molecule has 0 fully saturated rings. The maximum Gasteiger partial charge on any atom is 0.240 e. The molecule has 0 aliphatic carbocycles. The third kappa shape index (κ3) is 3.34. The van der Waals surface area contributed by atoms with E-state index in [1.54, 1.807) is 23.7 Å². The lowest BCUT2D eigenvalue weighted by Crippen LogP contribution is -2.35. The van der Waals surface area contributed by atoms with Crippen LogP contribution in [0.5, 0.6) is 5.75 Å². The summed E-state index contributed by atoms with van der Waals surface area (Å²) in [6.07, 6.45) is 4.81. The molecule has 0 aromatic heterocycles. The molecule has 1 amide bonds. The molecule has 1 unspecified atom stereocenters.